The molecule has 0 radical (unpaired) electrons. The molecule has 0 aliphatic heterocycles. The summed E-state index contributed by atoms with van der Waals surface area (Å²) in [5.41, 5.74) is 0. The van der Waals surface area contributed by atoms with E-state index in [4.69, 9.17) is 0 Å². The molecule has 0 N–H and O–H groups in total. The van der Waals surface area contributed by atoms with Gasteiger partial charge in [0.15, 0.2) is 0 Å². The Morgan fingerprint density at radius 3 is 2.50 bits per heavy atom. The van der Waals surface area contributed by atoms with Crippen molar-refractivity contribution in [2.24, 2.45) is 5.92 Å². The summed E-state index contributed by atoms with van der Waals surface area (Å²) in [5.74, 6) is -3.07. The first-order valence-corrected chi connectivity index (χ1v) is 4.68. The number of hydrogen-bond donors (Lipinski definition) is 0. The molecule has 12 heavy (non-hydrogen) atoms. The number of halogens is 2. The van der Waals surface area contributed by atoms with Crippen molar-refractivity contribution in [2.75, 3.05) is 5.75 Å². The van der Waals surface area contributed by atoms with Gasteiger partial charge in [0, 0.05) is 18.6 Å². The molecule has 1 saturated carbocycles. The molecule has 0 amide bonds. The molecule has 66 valence electrons. The first kappa shape index (κ1) is 13.0. The van der Waals surface area contributed by atoms with Gasteiger partial charge in [-0.25, -0.2) is 8.78 Å². The van der Waals surface area contributed by atoms with Crippen LogP contribution < -0.4 is 29.6 Å². The maximum absolute atomic E-state index is 12.4. The van der Waals surface area contributed by atoms with Crippen molar-refractivity contribution in [3.63, 3.8) is 0 Å². The molecule has 1 aliphatic carbocycles. The van der Waals surface area contributed by atoms with Crippen LogP contribution in [0.1, 0.15) is 19.3 Å². The van der Waals surface area contributed by atoms with Crippen molar-refractivity contribution in [3.05, 3.63) is 0 Å². The van der Waals surface area contributed by atoms with Crippen molar-refractivity contribution in [3.8, 4) is 0 Å². The van der Waals surface area contributed by atoms with Crippen LogP contribution in [-0.2, 0) is 11.1 Å². The molecule has 6 heteroatoms. The SMILES string of the molecule is O=S([O-])CC1CCC(F)(F)C1.[Na+]. The molecule has 0 aromatic carbocycles. The van der Waals surface area contributed by atoms with Gasteiger partial charge in [0.05, 0.1) is 0 Å². The molecule has 0 saturated heterocycles. The van der Waals surface area contributed by atoms with Crippen LogP contribution in [-0.4, -0.2) is 20.4 Å². The van der Waals surface area contributed by atoms with Gasteiger partial charge in [-0.3, -0.25) is 4.21 Å². The van der Waals surface area contributed by atoms with E-state index in [1.54, 1.807) is 0 Å². The van der Waals surface area contributed by atoms with Crippen LogP contribution in [0.4, 0.5) is 8.78 Å². The van der Waals surface area contributed by atoms with E-state index >= 15 is 0 Å². The second kappa shape index (κ2) is 5.00. The van der Waals surface area contributed by atoms with Gasteiger partial charge >= 0.3 is 29.6 Å². The van der Waals surface area contributed by atoms with Crippen LogP contribution in [0.3, 0.4) is 0 Å². The van der Waals surface area contributed by atoms with Crippen LogP contribution >= 0.6 is 0 Å². The molecule has 1 aliphatic rings. The minimum absolute atomic E-state index is 0. The van der Waals surface area contributed by atoms with E-state index in [0.717, 1.165) is 0 Å². The largest absolute Gasteiger partial charge is 1.00 e. The Bertz CT molecular complexity index is 177. The van der Waals surface area contributed by atoms with Crippen LogP contribution in [0.25, 0.3) is 0 Å². The normalized spacial score (nSPS) is 29.4. The van der Waals surface area contributed by atoms with Crippen molar-refractivity contribution < 1.29 is 47.1 Å². The van der Waals surface area contributed by atoms with E-state index in [0.29, 0.717) is 6.42 Å². The van der Waals surface area contributed by atoms with Gasteiger partial charge in [0.1, 0.15) is 0 Å². The molecule has 1 fully saturated rings. The van der Waals surface area contributed by atoms with Gasteiger partial charge in [0.25, 0.3) is 0 Å². The molecule has 0 spiro atoms. The third-order valence-electron chi connectivity index (χ3n) is 1.88. The van der Waals surface area contributed by atoms with Gasteiger partial charge in [-0.1, -0.05) is 11.1 Å². The predicted molar refractivity (Wildman–Crippen MR) is 36.1 cm³/mol. The van der Waals surface area contributed by atoms with Crippen molar-refractivity contribution in [1.29, 1.82) is 0 Å². The third-order valence-corrected chi connectivity index (χ3v) is 2.62. The van der Waals surface area contributed by atoms with E-state index in [1.807, 2.05) is 0 Å². The van der Waals surface area contributed by atoms with Gasteiger partial charge in [0.2, 0.25) is 5.92 Å². The fourth-order valence-corrected chi connectivity index (χ4v) is 2.05. The van der Waals surface area contributed by atoms with Crippen molar-refractivity contribution >= 4 is 11.1 Å². The number of alkyl halides is 2. The molecule has 2 nitrogen and oxygen atoms in total. The Morgan fingerprint density at radius 1 is 1.58 bits per heavy atom. The molecular weight excluding hydrogens is 197 g/mol. The third kappa shape index (κ3) is 4.28. The zero-order valence-electron chi connectivity index (χ0n) is 6.89. The molecule has 1 rings (SSSR count). The van der Waals surface area contributed by atoms with Gasteiger partial charge in [-0.05, 0) is 12.3 Å². The van der Waals surface area contributed by atoms with E-state index in [9.17, 15) is 17.5 Å². The predicted octanol–water partition coefficient (Wildman–Crippen LogP) is -1.70. The zero-order chi connectivity index (χ0) is 8.48. The summed E-state index contributed by atoms with van der Waals surface area (Å²) in [6.07, 6.45) is -0.0865. The molecule has 2 unspecified atom stereocenters. The van der Waals surface area contributed by atoms with Crippen LogP contribution in [0.5, 0.6) is 0 Å². The fraction of sp³-hybridized carbons (Fsp3) is 1.00. The van der Waals surface area contributed by atoms with E-state index in [-0.39, 0.29) is 54.1 Å². The Kier molecular flexibility index (Phi) is 5.41. The van der Waals surface area contributed by atoms with Gasteiger partial charge in [-0.15, -0.1) is 0 Å². The average Bonchev–Trinajstić information content (AvgIpc) is 2.08. The summed E-state index contributed by atoms with van der Waals surface area (Å²) < 4.78 is 45.1. The van der Waals surface area contributed by atoms with Crippen LogP contribution in [0, 0.1) is 5.92 Å². The zero-order valence-corrected chi connectivity index (χ0v) is 9.70. The molecule has 0 heterocycles. The van der Waals surface area contributed by atoms with Crippen LogP contribution in [0.15, 0.2) is 0 Å². The minimum Gasteiger partial charge on any atom is -0.772 e. The Balaban J connectivity index is 0.00000121. The van der Waals surface area contributed by atoms with E-state index in [2.05, 4.69) is 0 Å². The first-order valence-electron chi connectivity index (χ1n) is 3.43. The quantitative estimate of drug-likeness (QED) is 0.399. The molecule has 0 bridgehead atoms. The second-order valence-electron chi connectivity index (χ2n) is 2.94. The Labute approximate surface area is 94.7 Å². The number of rotatable bonds is 2. The molecule has 2 atom stereocenters. The average molecular weight is 206 g/mol. The van der Waals surface area contributed by atoms with E-state index in [1.165, 1.54) is 0 Å². The summed E-state index contributed by atoms with van der Waals surface area (Å²) in [7, 11) is 0. The fourth-order valence-electron chi connectivity index (χ4n) is 1.38. The first-order chi connectivity index (χ1) is 4.99. The summed E-state index contributed by atoms with van der Waals surface area (Å²) in [6, 6.07) is 0. The smallest absolute Gasteiger partial charge is 0.772 e. The number of hydrogen-bond acceptors (Lipinski definition) is 2. The van der Waals surface area contributed by atoms with E-state index < -0.39 is 17.0 Å². The monoisotopic (exact) mass is 206 g/mol. The molecular formula is C6H9F2NaO2S. The summed E-state index contributed by atoms with van der Waals surface area (Å²) in [6.45, 7) is 0. The van der Waals surface area contributed by atoms with Crippen molar-refractivity contribution in [2.45, 2.75) is 25.2 Å². The minimum atomic E-state index is -2.62. The van der Waals surface area contributed by atoms with Gasteiger partial charge < -0.3 is 4.55 Å². The second-order valence-corrected chi connectivity index (χ2v) is 3.88. The summed E-state index contributed by atoms with van der Waals surface area (Å²) in [4.78, 5) is 0. The molecule has 0 aromatic heterocycles. The molecule has 0 aromatic rings. The Morgan fingerprint density at radius 2 is 2.17 bits per heavy atom. The topological polar surface area (TPSA) is 40.1 Å². The maximum Gasteiger partial charge on any atom is 1.00 e. The summed E-state index contributed by atoms with van der Waals surface area (Å²) in [5, 5.41) is 0. The standard InChI is InChI=1S/C6H10F2O2S.Na/c7-6(8)2-1-5(3-6)4-11(9)10;/h5H,1-4H2,(H,9,10);/q;+1/p-1. The maximum atomic E-state index is 12.4. The Hall–Kier alpha value is 0.970. The van der Waals surface area contributed by atoms with Crippen molar-refractivity contribution in [1.82, 2.24) is 0 Å². The summed E-state index contributed by atoms with van der Waals surface area (Å²) >= 11 is -2.17. The van der Waals surface area contributed by atoms with Gasteiger partial charge in [-0.2, -0.15) is 0 Å². The van der Waals surface area contributed by atoms with Crippen LogP contribution in [0.2, 0.25) is 0 Å².